The van der Waals surface area contributed by atoms with E-state index in [4.69, 9.17) is 0 Å². The molecule has 2 rings (SSSR count). The minimum atomic E-state index is 0.473. The van der Waals surface area contributed by atoms with Crippen LogP contribution < -0.4 is 5.32 Å². The molecule has 0 aromatic carbocycles. The normalized spacial score (nSPS) is 32.6. The smallest absolute Gasteiger partial charge is 0.0105 e. The lowest BCUT2D eigenvalue weighted by atomic mass is 9.67. The van der Waals surface area contributed by atoms with Crippen molar-refractivity contribution in [3.63, 3.8) is 0 Å². The van der Waals surface area contributed by atoms with Crippen molar-refractivity contribution in [3.05, 3.63) is 0 Å². The average molecular weight is 295 g/mol. The zero-order valence-electron chi connectivity index (χ0n) is 15.1. The maximum absolute atomic E-state index is 3.61. The van der Waals surface area contributed by atoms with Crippen molar-refractivity contribution in [2.45, 2.75) is 84.2 Å². The molecule has 0 aromatic rings. The molecular formula is C19H38N2. The predicted octanol–water partition coefficient (Wildman–Crippen LogP) is 4.30. The molecule has 0 heterocycles. The van der Waals surface area contributed by atoms with Gasteiger partial charge in [-0.25, -0.2) is 0 Å². The van der Waals surface area contributed by atoms with E-state index in [1.165, 1.54) is 57.9 Å². The highest BCUT2D eigenvalue weighted by Gasteiger charge is 2.36. The first-order chi connectivity index (χ1) is 9.91. The Morgan fingerprint density at radius 2 is 1.67 bits per heavy atom. The van der Waals surface area contributed by atoms with Crippen LogP contribution in [-0.4, -0.2) is 37.6 Å². The summed E-state index contributed by atoms with van der Waals surface area (Å²) in [4.78, 5) is 2.69. The van der Waals surface area contributed by atoms with E-state index in [1.807, 2.05) is 0 Å². The second kappa shape index (κ2) is 7.46. The van der Waals surface area contributed by atoms with Gasteiger partial charge in [0.15, 0.2) is 0 Å². The van der Waals surface area contributed by atoms with E-state index in [9.17, 15) is 0 Å². The standard InChI is InChI=1S/C19H38N2/c1-19(2,3)16-11-12-18(20-4)15(13-16)14-21(5)17-9-7-6-8-10-17/h15-18,20H,6-14H2,1-5H3. The fourth-order valence-corrected chi connectivity index (χ4v) is 4.67. The highest BCUT2D eigenvalue weighted by Crippen LogP contribution is 2.40. The Balaban J connectivity index is 1.93. The van der Waals surface area contributed by atoms with Crippen molar-refractivity contribution in [3.8, 4) is 0 Å². The number of rotatable bonds is 4. The van der Waals surface area contributed by atoms with Crippen LogP contribution in [0.25, 0.3) is 0 Å². The Kier molecular flexibility index (Phi) is 6.14. The van der Waals surface area contributed by atoms with Crippen LogP contribution >= 0.6 is 0 Å². The van der Waals surface area contributed by atoms with Crippen LogP contribution in [-0.2, 0) is 0 Å². The molecule has 0 bridgehead atoms. The molecule has 1 N–H and O–H groups in total. The number of nitrogens with one attached hydrogen (secondary N) is 1. The third-order valence-corrected chi connectivity index (χ3v) is 6.30. The predicted molar refractivity (Wildman–Crippen MR) is 92.6 cm³/mol. The molecule has 0 saturated heterocycles. The molecule has 0 aromatic heterocycles. The quantitative estimate of drug-likeness (QED) is 0.831. The average Bonchev–Trinajstić information content (AvgIpc) is 2.47. The summed E-state index contributed by atoms with van der Waals surface area (Å²) in [7, 11) is 4.54. The van der Waals surface area contributed by atoms with Crippen molar-refractivity contribution < 1.29 is 0 Å². The van der Waals surface area contributed by atoms with E-state index in [2.05, 4.69) is 45.1 Å². The van der Waals surface area contributed by atoms with Gasteiger partial charge in [-0.05, 0) is 63.5 Å². The van der Waals surface area contributed by atoms with Crippen LogP contribution in [0.5, 0.6) is 0 Å². The molecule has 3 unspecified atom stereocenters. The van der Waals surface area contributed by atoms with Gasteiger partial charge in [0.2, 0.25) is 0 Å². The van der Waals surface area contributed by atoms with Crippen LogP contribution in [0.1, 0.15) is 72.1 Å². The summed E-state index contributed by atoms with van der Waals surface area (Å²) in [6.45, 7) is 8.58. The van der Waals surface area contributed by atoms with Gasteiger partial charge in [0.1, 0.15) is 0 Å². The van der Waals surface area contributed by atoms with Gasteiger partial charge in [-0.1, -0.05) is 40.0 Å². The fraction of sp³-hybridized carbons (Fsp3) is 1.00. The van der Waals surface area contributed by atoms with E-state index < -0.39 is 0 Å². The largest absolute Gasteiger partial charge is 0.317 e. The molecule has 2 aliphatic carbocycles. The van der Waals surface area contributed by atoms with E-state index in [-0.39, 0.29) is 0 Å². The first-order valence-corrected chi connectivity index (χ1v) is 9.29. The zero-order valence-corrected chi connectivity index (χ0v) is 15.1. The van der Waals surface area contributed by atoms with Gasteiger partial charge < -0.3 is 10.2 Å². The van der Waals surface area contributed by atoms with Crippen LogP contribution in [0.2, 0.25) is 0 Å². The van der Waals surface area contributed by atoms with Gasteiger partial charge >= 0.3 is 0 Å². The zero-order chi connectivity index (χ0) is 15.5. The Hall–Kier alpha value is -0.0800. The van der Waals surface area contributed by atoms with Crippen molar-refractivity contribution in [2.24, 2.45) is 17.3 Å². The van der Waals surface area contributed by atoms with Crippen molar-refractivity contribution in [1.29, 1.82) is 0 Å². The molecule has 2 heteroatoms. The maximum atomic E-state index is 3.61. The van der Waals surface area contributed by atoms with E-state index in [0.717, 1.165) is 23.9 Å². The molecule has 2 aliphatic rings. The molecule has 0 radical (unpaired) electrons. The Morgan fingerprint density at radius 1 is 1.00 bits per heavy atom. The van der Waals surface area contributed by atoms with Crippen LogP contribution in [0, 0.1) is 17.3 Å². The Bertz CT molecular complexity index is 301. The topological polar surface area (TPSA) is 15.3 Å². The maximum Gasteiger partial charge on any atom is 0.0105 e. The minimum absolute atomic E-state index is 0.473. The van der Waals surface area contributed by atoms with E-state index in [0.29, 0.717) is 5.41 Å². The van der Waals surface area contributed by atoms with Crippen molar-refractivity contribution in [2.75, 3.05) is 20.6 Å². The molecular weight excluding hydrogens is 256 g/mol. The summed E-state index contributed by atoms with van der Waals surface area (Å²) >= 11 is 0. The van der Waals surface area contributed by atoms with Gasteiger partial charge in [0.05, 0.1) is 0 Å². The molecule has 21 heavy (non-hydrogen) atoms. The lowest BCUT2D eigenvalue weighted by Gasteiger charge is -2.44. The van der Waals surface area contributed by atoms with Gasteiger partial charge in [-0.15, -0.1) is 0 Å². The molecule has 0 spiro atoms. The Morgan fingerprint density at radius 3 is 2.24 bits per heavy atom. The summed E-state index contributed by atoms with van der Waals surface area (Å²) in [5.41, 5.74) is 0.473. The van der Waals surface area contributed by atoms with Crippen molar-refractivity contribution in [1.82, 2.24) is 10.2 Å². The van der Waals surface area contributed by atoms with Gasteiger partial charge in [-0.2, -0.15) is 0 Å². The molecule has 2 nitrogen and oxygen atoms in total. The highest BCUT2D eigenvalue weighted by atomic mass is 15.1. The fourth-order valence-electron chi connectivity index (χ4n) is 4.67. The first-order valence-electron chi connectivity index (χ1n) is 9.29. The van der Waals surface area contributed by atoms with E-state index >= 15 is 0 Å². The summed E-state index contributed by atoms with van der Waals surface area (Å²) in [5.74, 6) is 1.73. The van der Waals surface area contributed by atoms with Crippen molar-refractivity contribution >= 4 is 0 Å². The Labute approximate surface area is 133 Å². The van der Waals surface area contributed by atoms with Gasteiger partial charge in [-0.3, -0.25) is 0 Å². The molecule has 0 amide bonds. The molecule has 3 atom stereocenters. The lowest BCUT2D eigenvalue weighted by Crippen LogP contribution is -2.47. The van der Waals surface area contributed by atoms with Gasteiger partial charge in [0, 0.05) is 18.6 Å². The lowest BCUT2D eigenvalue weighted by molar-refractivity contribution is 0.0782. The van der Waals surface area contributed by atoms with Gasteiger partial charge in [0.25, 0.3) is 0 Å². The van der Waals surface area contributed by atoms with Crippen LogP contribution in [0.15, 0.2) is 0 Å². The first kappa shape index (κ1) is 17.3. The summed E-state index contributed by atoms with van der Waals surface area (Å²) < 4.78 is 0. The number of hydrogen-bond donors (Lipinski definition) is 1. The molecule has 2 saturated carbocycles. The summed E-state index contributed by atoms with van der Waals surface area (Å²) in [6, 6.07) is 1.58. The summed E-state index contributed by atoms with van der Waals surface area (Å²) in [6.07, 6.45) is 11.4. The number of nitrogens with zero attached hydrogens (tertiary/aromatic N) is 1. The monoisotopic (exact) mass is 294 g/mol. The molecule has 2 fully saturated rings. The highest BCUT2D eigenvalue weighted by molar-refractivity contribution is 4.90. The molecule has 124 valence electrons. The second-order valence-electron chi connectivity index (χ2n) is 8.76. The summed E-state index contributed by atoms with van der Waals surface area (Å²) in [5, 5.41) is 3.61. The SMILES string of the molecule is CNC1CCC(C(C)(C)C)CC1CN(C)C1CCCCC1. The third-order valence-electron chi connectivity index (χ3n) is 6.30. The molecule has 0 aliphatic heterocycles. The third kappa shape index (κ3) is 4.69. The second-order valence-corrected chi connectivity index (χ2v) is 8.76. The minimum Gasteiger partial charge on any atom is -0.317 e. The van der Waals surface area contributed by atoms with E-state index in [1.54, 1.807) is 0 Å². The van der Waals surface area contributed by atoms with Crippen LogP contribution in [0.4, 0.5) is 0 Å². The van der Waals surface area contributed by atoms with Crippen LogP contribution in [0.3, 0.4) is 0 Å². The number of hydrogen-bond acceptors (Lipinski definition) is 2.